The highest BCUT2D eigenvalue weighted by Gasteiger charge is 2.34. The Labute approximate surface area is 107 Å². The molecule has 4 nitrogen and oxygen atoms in total. The first-order valence-electron chi connectivity index (χ1n) is 5.37. The van der Waals surface area contributed by atoms with Gasteiger partial charge in [0, 0.05) is 12.7 Å². The Hall–Kier alpha value is -2.15. The van der Waals surface area contributed by atoms with Gasteiger partial charge in [0.2, 0.25) is 0 Å². The number of hydrogen-bond donors (Lipinski definition) is 1. The molecule has 100 valence electrons. The van der Waals surface area contributed by atoms with Crippen molar-refractivity contribution in [3.8, 4) is 11.8 Å². The van der Waals surface area contributed by atoms with E-state index in [4.69, 9.17) is 10.5 Å². The molecule has 0 radical (unpaired) electrons. The molecule has 1 heterocycles. The summed E-state index contributed by atoms with van der Waals surface area (Å²) < 4.78 is 43.3. The van der Waals surface area contributed by atoms with E-state index in [2.05, 4.69) is 9.97 Å². The van der Waals surface area contributed by atoms with Crippen LogP contribution in [0.5, 0.6) is 11.8 Å². The second kappa shape index (κ2) is 5.23. The van der Waals surface area contributed by atoms with Crippen molar-refractivity contribution < 1.29 is 17.9 Å². The molecule has 2 N–H and O–H groups in total. The molecule has 0 saturated heterocycles. The number of benzene rings is 1. The lowest BCUT2D eigenvalue weighted by Crippen LogP contribution is -2.08. The van der Waals surface area contributed by atoms with Gasteiger partial charge in [-0.1, -0.05) is 12.1 Å². The summed E-state index contributed by atoms with van der Waals surface area (Å²) in [5, 5.41) is 0. The van der Waals surface area contributed by atoms with Crippen LogP contribution in [0.15, 0.2) is 36.5 Å². The number of para-hydroxylation sites is 1. The van der Waals surface area contributed by atoms with E-state index in [1.807, 2.05) is 0 Å². The summed E-state index contributed by atoms with van der Waals surface area (Å²) in [6.45, 7) is 0.153. The van der Waals surface area contributed by atoms with E-state index in [0.29, 0.717) is 5.69 Å². The predicted molar refractivity (Wildman–Crippen MR) is 61.4 cm³/mol. The van der Waals surface area contributed by atoms with Crippen molar-refractivity contribution in [2.75, 3.05) is 0 Å². The number of hydrogen-bond acceptors (Lipinski definition) is 4. The van der Waals surface area contributed by atoms with Gasteiger partial charge in [0.05, 0.1) is 11.3 Å². The first-order chi connectivity index (χ1) is 9.00. The smallest absolute Gasteiger partial charge is 0.419 e. The molecule has 0 bridgehead atoms. The van der Waals surface area contributed by atoms with Gasteiger partial charge in [0.15, 0.2) is 0 Å². The Bertz CT molecular complexity index is 572. The maximum absolute atomic E-state index is 12.8. The lowest BCUT2D eigenvalue weighted by atomic mass is 10.2. The normalized spacial score (nSPS) is 11.4. The average Bonchev–Trinajstić information content (AvgIpc) is 2.38. The van der Waals surface area contributed by atoms with Gasteiger partial charge in [-0.2, -0.15) is 18.2 Å². The standard InChI is InChI=1S/C12H10F3N3O/c13-12(14,15)9-3-1-2-4-10(9)19-11-17-6-5-8(7-16)18-11/h1-6H,7,16H2. The van der Waals surface area contributed by atoms with Crippen LogP contribution >= 0.6 is 0 Å². The zero-order chi connectivity index (χ0) is 13.9. The predicted octanol–water partition coefficient (Wildman–Crippen LogP) is 2.75. The summed E-state index contributed by atoms with van der Waals surface area (Å²) >= 11 is 0. The highest BCUT2D eigenvalue weighted by molar-refractivity contribution is 5.37. The summed E-state index contributed by atoms with van der Waals surface area (Å²) in [7, 11) is 0. The number of nitrogens with two attached hydrogens (primary N) is 1. The van der Waals surface area contributed by atoms with Gasteiger partial charge in [-0.15, -0.1) is 0 Å². The topological polar surface area (TPSA) is 61.0 Å². The van der Waals surface area contributed by atoms with Crippen molar-refractivity contribution >= 4 is 0 Å². The van der Waals surface area contributed by atoms with Crippen LogP contribution in [0.25, 0.3) is 0 Å². The summed E-state index contributed by atoms with van der Waals surface area (Å²) in [6.07, 6.45) is -3.12. The maximum atomic E-state index is 12.8. The van der Waals surface area contributed by atoms with E-state index in [1.165, 1.54) is 24.4 Å². The second-order valence-electron chi connectivity index (χ2n) is 3.63. The molecule has 7 heteroatoms. The average molecular weight is 269 g/mol. The molecule has 2 aromatic rings. The Balaban J connectivity index is 2.33. The maximum Gasteiger partial charge on any atom is 0.419 e. The van der Waals surface area contributed by atoms with Crippen LogP contribution in [0.2, 0.25) is 0 Å². The molecule has 0 fully saturated rings. The number of rotatable bonds is 3. The molecule has 0 aliphatic heterocycles. The minimum Gasteiger partial charge on any atom is -0.424 e. The molecule has 1 aromatic heterocycles. The summed E-state index contributed by atoms with van der Waals surface area (Å²) in [5.41, 5.74) is 4.99. The highest BCUT2D eigenvalue weighted by Crippen LogP contribution is 2.37. The lowest BCUT2D eigenvalue weighted by molar-refractivity contribution is -0.138. The largest absolute Gasteiger partial charge is 0.424 e. The number of halogens is 3. The summed E-state index contributed by atoms with van der Waals surface area (Å²) in [6, 6.07) is 6.26. The fraction of sp³-hybridized carbons (Fsp3) is 0.167. The van der Waals surface area contributed by atoms with Gasteiger partial charge < -0.3 is 10.5 Å². The highest BCUT2D eigenvalue weighted by atomic mass is 19.4. The first kappa shape index (κ1) is 13.3. The summed E-state index contributed by atoms with van der Waals surface area (Å²) in [4.78, 5) is 7.63. The Morgan fingerprint density at radius 3 is 2.58 bits per heavy atom. The van der Waals surface area contributed by atoms with Crippen LogP contribution < -0.4 is 10.5 Å². The molecule has 0 atom stereocenters. The zero-order valence-corrected chi connectivity index (χ0v) is 9.69. The van der Waals surface area contributed by atoms with Gasteiger partial charge in [0.25, 0.3) is 0 Å². The van der Waals surface area contributed by atoms with Gasteiger partial charge in [-0.25, -0.2) is 4.98 Å². The summed E-state index contributed by atoms with van der Waals surface area (Å²) in [5.74, 6) is -0.343. The van der Waals surface area contributed by atoms with Crippen molar-refractivity contribution in [3.63, 3.8) is 0 Å². The number of aromatic nitrogens is 2. The van der Waals surface area contributed by atoms with E-state index >= 15 is 0 Å². The third-order valence-electron chi connectivity index (χ3n) is 2.29. The van der Waals surface area contributed by atoms with E-state index in [9.17, 15) is 13.2 Å². The molecule has 2 rings (SSSR count). The molecule has 0 aliphatic carbocycles. The number of alkyl halides is 3. The molecule has 0 spiro atoms. The third kappa shape index (κ3) is 3.19. The minimum atomic E-state index is -4.50. The van der Waals surface area contributed by atoms with E-state index in [1.54, 1.807) is 6.07 Å². The molecular weight excluding hydrogens is 259 g/mol. The molecule has 0 aliphatic rings. The van der Waals surface area contributed by atoms with Crippen LogP contribution in [0.1, 0.15) is 11.3 Å². The van der Waals surface area contributed by atoms with Crippen LogP contribution in [0.3, 0.4) is 0 Å². The van der Waals surface area contributed by atoms with Crippen molar-refractivity contribution in [2.24, 2.45) is 5.73 Å². The van der Waals surface area contributed by atoms with Gasteiger partial charge >= 0.3 is 12.2 Å². The van der Waals surface area contributed by atoms with Crippen molar-refractivity contribution in [3.05, 3.63) is 47.8 Å². The number of ether oxygens (including phenoxy) is 1. The molecule has 0 amide bonds. The second-order valence-corrected chi connectivity index (χ2v) is 3.63. The fourth-order valence-electron chi connectivity index (χ4n) is 1.43. The molecule has 0 saturated carbocycles. The number of nitrogens with zero attached hydrogens (tertiary/aromatic N) is 2. The van der Waals surface area contributed by atoms with Crippen LogP contribution in [0, 0.1) is 0 Å². The molecule has 0 unspecified atom stereocenters. The van der Waals surface area contributed by atoms with Crippen LogP contribution in [0.4, 0.5) is 13.2 Å². The minimum absolute atomic E-state index is 0.153. The fourth-order valence-corrected chi connectivity index (χ4v) is 1.43. The van der Waals surface area contributed by atoms with Crippen molar-refractivity contribution in [1.29, 1.82) is 0 Å². The van der Waals surface area contributed by atoms with E-state index in [-0.39, 0.29) is 18.3 Å². The zero-order valence-electron chi connectivity index (χ0n) is 9.69. The van der Waals surface area contributed by atoms with Crippen LogP contribution in [-0.2, 0) is 12.7 Å². The van der Waals surface area contributed by atoms with E-state index < -0.39 is 11.7 Å². The van der Waals surface area contributed by atoms with Gasteiger partial charge in [0.1, 0.15) is 5.75 Å². The Morgan fingerprint density at radius 2 is 1.89 bits per heavy atom. The van der Waals surface area contributed by atoms with Gasteiger partial charge in [-0.3, -0.25) is 0 Å². The monoisotopic (exact) mass is 269 g/mol. The molecular formula is C12H10F3N3O. The first-order valence-corrected chi connectivity index (χ1v) is 5.37. The van der Waals surface area contributed by atoms with Gasteiger partial charge in [-0.05, 0) is 18.2 Å². The quantitative estimate of drug-likeness (QED) is 0.930. The lowest BCUT2D eigenvalue weighted by Gasteiger charge is -2.12. The van der Waals surface area contributed by atoms with E-state index in [0.717, 1.165) is 6.07 Å². The van der Waals surface area contributed by atoms with Crippen molar-refractivity contribution in [1.82, 2.24) is 9.97 Å². The SMILES string of the molecule is NCc1ccnc(Oc2ccccc2C(F)(F)F)n1. The Morgan fingerprint density at radius 1 is 1.16 bits per heavy atom. The molecule has 19 heavy (non-hydrogen) atoms. The molecule has 1 aromatic carbocycles. The third-order valence-corrected chi connectivity index (χ3v) is 2.29. The Kier molecular flexibility index (Phi) is 3.66. The van der Waals surface area contributed by atoms with Crippen LogP contribution in [-0.4, -0.2) is 9.97 Å². The van der Waals surface area contributed by atoms with Crippen molar-refractivity contribution in [2.45, 2.75) is 12.7 Å².